The number of hydrogen-bond donors (Lipinski definition) is 2. The molecule has 26 heavy (non-hydrogen) atoms. The number of amides is 2. The molecule has 0 radical (unpaired) electrons. The molecule has 0 fully saturated rings. The van der Waals surface area contributed by atoms with Crippen LogP contribution in [0.2, 0.25) is 0 Å². The van der Waals surface area contributed by atoms with Crippen molar-refractivity contribution in [3.05, 3.63) is 60.9 Å². The molecular weight excluding hydrogens is 338 g/mol. The molecule has 1 heterocycles. The van der Waals surface area contributed by atoms with Gasteiger partial charge in [-0.2, -0.15) is 5.10 Å². The van der Waals surface area contributed by atoms with E-state index < -0.39 is 11.8 Å². The number of carbonyl (C=O) groups is 2. The Morgan fingerprint density at radius 3 is 2.62 bits per heavy atom. The van der Waals surface area contributed by atoms with E-state index in [4.69, 9.17) is 14.2 Å². The van der Waals surface area contributed by atoms with Crippen molar-refractivity contribution >= 4 is 23.7 Å². The van der Waals surface area contributed by atoms with Gasteiger partial charge in [-0.3, -0.25) is 9.59 Å². The van der Waals surface area contributed by atoms with Crippen molar-refractivity contribution in [2.24, 2.45) is 5.10 Å². The molecule has 2 aromatic rings. The number of nitrogens with zero attached hydrogens (tertiary/aromatic N) is 1. The van der Waals surface area contributed by atoms with Gasteiger partial charge in [0.05, 0.1) is 12.5 Å². The Morgan fingerprint density at radius 1 is 1.08 bits per heavy atom. The molecule has 1 aliphatic rings. The second kappa shape index (κ2) is 7.84. The zero-order valence-corrected chi connectivity index (χ0v) is 13.6. The zero-order valence-electron chi connectivity index (χ0n) is 13.6. The van der Waals surface area contributed by atoms with Crippen molar-refractivity contribution in [3.8, 4) is 17.2 Å². The molecule has 0 atom stereocenters. The van der Waals surface area contributed by atoms with Crippen LogP contribution in [0.3, 0.4) is 0 Å². The van der Waals surface area contributed by atoms with Crippen LogP contribution < -0.4 is 25.0 Å². The summed E-state index contributed by atoms with van der Waals surface area (Å²) in [4.78, 5) is 23.7. The van der Waals surface area contributed by atoms with E-state index in [1.807, 2.05) is 0 Å². The molecule has 2 aromatic carbocycles. The molecule has 8 nitrogen and oxygen atoms in total. The van der Waals surface area contributed by atoms with Gasteiger partial charge in [-0.05, 0) is 42.0 Å². The maximum atomic E-state index is 11.9. The minimum Gasteiger partial charge on any atom is -0.466 e. The lowest BCUT2D eigenvalue weighted by atomic mass is 10.2. The summed E-state index contributed by atoms with van der Waals surface area (Å²) in [5.74, 6) is -0.0303. The average Bonchev–Trinajstić information content (AvgIpc) is 3.11. The molecule has 0 aliphatic carbocycles. The summed E-state index contributed by atoms with van der Waals surface area (Å²) in [6.07, 6.45) is 2.73. The number of benzene rings is 2. The van der Waals surface area contributed by atoms with E-state index in [1.54, 1.807) is 42.5 Å². The normalized spacial score (nSPS) is 11.8. The van der Waals surface area contributed by atoms with Crippen molar-refractivity contribution < 1.29 is 23.8 Å². The van der Waals surface area contributed by atoms with Crippen LogP contribution in [-0.4, -0.2) is 24.8 Å². The van der Waals surface area contributed by atoms with Crippen LogP contribution in [0, 0.1) is 0 Å². The third-order valence-electron chi connectivity index (χ3n) is 3.32. The fourth-order valence-electron chi connectivity index (χ4n) is 2.11. The quantitative estimate of drug-likeness (QED) is 0.371. The summed E-state index contributed by atoms with van der Waals surface area (Å²) in [6.45, 7) is 3.59. The third kappa shape index (κ3) is 4.18. The van der Waals surface area contributed by atoms with Crippen LogP contribution in [-0.2, 0) is 9.59 Å². The molecule has 2 amide bonds. The van der Waals surface area contributed by atoms with E-state index in [-0.39, 0.29) is 6.79 Å². The molecule has 0 saturated heterocycles. The standard InChI is InChI=1S/C18H15N3O5/c1-2-24-14-6-3-12(4-7-14)10-19-21-18(23)17(22)20-13-5-8-15-16(9-13)26-11-25-15/h2-10H,1,11H2,(H,20,22)(H,21,23)/b19-10-. The Bertz CT molecular complexity index is 862. The van der Waals surface area contributed by atoms with Gasteiger partial charge in [0.1, 0.15) is 5.75 Å². The second-order valence-corrected chi connectivity index (χ2v) is 5.07. The highest BCUT2D eigenvalue weighted by atomic mass is 16.7. The van der Waals surface area contributed by atoms with Crippen LogP contribution in [0.15, 0.2) is 60.4 Å². The van der Waals surface area contributed by atoms with Crippen LogP contribution in [0.1, 0.15) is 5.56 Å². The highest BCUT2D eigenvalue weighted by Crippen LogP contribution is 2.34. The Balaban J connectivity index is 1.52. The van der Waals surface area contributed by atoms with Crippen molar-refractivity contribution in [1.29, 1.82) is 0 Å². The first-order valence-electron chi connectivity index (χ1n) is 7.57. The number of anilines is 1. The maximum absolute atomic E-state index is 11.9. The van der Waals surface area contributed by atoms with Crippen molar-refractivity contribution in [2.45, 2.75) is 0 Å². The molecule has 0 unspecified atom stereocenters. The van der Waals surface area contributed by atoms with Crippen molar-refractivity contribution in [1.82, 2.24) is 5.43 Å². The molecular formula is C18H15N3O5. The van der Waals surface area contributed by atoms with Gasteiger partial charge >= 0.3 is 11.8 Å². The number of ether oxygens (including phenoxy) is 3. The molecule has 2 N–H and O–H groups in total. The minimum atomic E-state index is -0.898. The number of hydrazone groups is 1. The summed E-state index contributed by atoms with van der Waals surface area (Å²) in [5.41, 5.74) is 3.29. The zero-order chi connectivity index (χ0) is 18.4. The van der Waals surface area contributed by atoms with Gasteiger partial charge in [0.15, 0.2) is 11.5 Å². The minimum absolute atomic E-state index is 0.128. The number of carbonyl (C=O) groups excluding carboxylic acids is 2. The molecule has 0 saturated carbocycles. The molecule has 8 heteroatoms. The Kier molecular flexibility index (Phi) is 5.14. The summed E-state index contributed by atoms with van der Waals surface area (Å²) >= 11 is 0. The van der Waals surface area contributed by atoms with E-state index in [9.17, 15) is 9.59 Å². The highest BCUT2D eigenvalue weighted by Gasteiger charge is 2.17. The molecule has 3 rings (SSSR count). The monoisotopic (exact) mass is 353 g/mol. The van der Waals surface area contributed by atoms with Crippen LogP contribution in [0.5, 0.6) is 17.2 Å². The smallest absolute Gasteiger partial charge is 0.329 e. The Morgan fingerprint density at radius 2 is 1.85 bits per heavy atom. The summed E-state index contributed by atoms with van der Waals surface area (Å²) in [6, 6.07) is 11.7. The van der Waals surface area contributed by atoms with E-state index in [0.29, 0.717) is 22.9 Å². The maximum Gasteiger partial charge on any atom is 0.329 e. The third-order valence-corrected chi connectivity index (χ3v) is 3.32. The Labute approximate surface area is 149 Å². The Hall–Kier alpha value is -3.81. The number of rotatable bonds is 5. The lowest BCUT2D eigenvalue weighted by molar-refractivity contribution is -0.136. The van der Waals surface area contributed by atoms with E-state index >= 15 is 0 Å². The number of hydrogen-bond acceptors (Lipinski definition) is 6. The van der Waals surface area contributed by atoms with Crippen molar-refractivity contribution in [2.75, 3.05) is 12.1 Å². The van der Waals surface area contributed by atoms with E-state index in [1.165, 1.54) is 12.5 Å². The highest BCUT2D eigenvalue weighted by molar-refractivity contribution is 6.39. The molecule has 1 aliphatic heterocycles. The molecule has 0 aromatic heterocycles. The van der Waals surface area contributed by atoms with Crippen LogP contribution in [0.4, 0.5) is 5.69 Å². The van der Waals surface area contributed by atoms with Crippen LogP contribution >= 0.6 is 0 Å². The first-order chi connectivity index (χ1) is 12.7. The first-order valence-corrected chi connectivity index (χ1v) is 7.57. The largest absolute Gasteiger partial charge is 0.466 e. The molecule has 0 bridgehead atoms. The number of fused-ring (bicyclic) bond motifs is 1. The first kappa shape index (κ1) is 17.0. The van der Waals surface area contributed by atoms with Gasteiger partial charge in [0.2, 0.25) is 6.79 Å². The van der Waals surface area contributed by atoms with Gasteiger partial charge in [-0.1, -0.05) is 6.58 Å². The summed E-state index contributed by atoms with van der Waals surface area (Å²) < 4.78 is 15.5. The molecule has 0 spiro atoms. The van der Waals surface area contributed by atoms with Gasteiger partial charge < -0.3 is 19.5 Å². The summed E-state index contributed by atoms with van der Waals surface area (Å²) in [7, 11) is 0. The fourth-order valence-corrected chi connectivity index (χ4v) is 2.11. The topological polar surface area (TPSA) is 98.2 Å². The van der Waals surface area contributed by atoms with Gasteiger partial charge in [-0.15, -0.1) is 0 Å². The number of nitrogens with one attached hydrogen (secondary N) is 2. The van der Waals surface area contributed by atoms with Gasteiger partial charge in [0, 0.05) is 11.8 Å². The fraction of sp³-hybridized carbons (Fsp3) is 0.0556. The van der Waals surface area contributed by atoms with Gasteiger partial charge in [-0.25, -0.2) is 5.43 Å². The van der Waals surface area contributed by atoms with Crippen molar-refractivity contribution in [3.63, 3.8) is 0 Å². The predicted molar refractivity (Wildman–Crippen MR) is 94.2 cm³/mol. The van der Waals surface area contributed by atoms with Crippen LogP contribution in [0.25, 0.3) is 0 Å². The SMILES string of the molecule is C=COc1ccc(/C=N\NC(=O)C(=O)Nc2ccc3c(c2)OCO3)cc1. The van der Waals surface area contributed by atoms with E-state index in [2.05, 4.69) is 22.4 Å². The summed E-state index contributed by atoms with van der Waals surface area (Å²) in [5, 5.41) is 6.20. The average molecular weight is 353 g/mol. The lowest BCUT2D eigenvalue weighted by Gasteiger charge is -2.05. The van der Waals surface area contributed by atoms with E-state index in [0.717, 1.165) is 5.56 Å². The molecule has 132 valence electrons. The lowest BCUT2D eigenvalue weighted by Crippen LogP contribution is -2.32. The predicted octanol–water partition coefficient (Wildman–Crippen LogP) is 2.03. The van der Waals surface area contributed by atoms with Gasteiger partial charge in [0.25, 0.3) is 0 Å². The second-order valence-electron chi connectivity index (χ2n) is 5.07.